The average Bonchev–Trinajstić information content (AvgIpc) is 3.27. The summed E-state index contributed by atoms with van der Waals surface area (Å²) in [5.74, 6) is 0. The molecule has 6 heteroatoms. The monoisotopic (exact) mass is 347 g/mol. The molecule has 0 unspecified atom stereocenters. The second kappa shape index (κ2) is 6.55. The summed E-state index contributed by atoms with van der Waals surface area (Å²) in [6, 6.07) is 14.2. The second-order valence-corrected chi connectivity index (χ2v) is 6.88. The van der Waals surface area contributed by atoms with Crippen LogP contribution in [0, 0.1) is 0 Å². The molecule has 0 atom stereocenters. The van der Waals surface area contributed by atoms with Crippen LogP contribution in [0.3, 0.4) is 0 Å². The normalized spacial score (nSPS) is 16.6. The molecule has 0 saturated carbocycles. The molecular weight excluding hydrogens is 326 g/mol. The molecule has 5 rings (SSSR count). The molecule has 1 saturated heterocycles. The highest BCUT2D eigenvalue weighted by Gasteiger charge is 2.20. The summed E-state index contributed by atoms with van der Waals surface area (Å²) in [6.07, 6.45) is 4.18. The average molecular weight is 347 g/mol. The number of nitrogens with zero attached hydrogens (tertiary/aromatic N) is 5. The Morgan fingerprint density at radius 2 is 1.65 bits per heavy atom. The van der Waals surface area contributed by atoms with Crippen LogP contribution in [0.15, 0.2) is 59.4 Å². The first kappa shape index (κ1) is 15.5. The molecule has 0 N–H and O–H groups in total. The van der Waals surface area contributed by atoms with Crippen molar-refractivity contribution in [1.29, 1.82) is 0 Å². The van der Waals surface area contributed by atoms with Crippen molar-refractivity contribution in [1.82, 2.24) is 24.3 Å². The number of piperazine rings is 1. The van der Waals surface area contributed by atoms with Gasteiger partial charge in [0.1, 0.15) is 11.3 Å². The lowest BCUT2D eigenvalue weighted by Crippen LogP contribution is -2.45. The molecule has 1 aromatic carbocycles. The fraction of sp³-hybridized carbons (Fsp3) is 0.300. The van der Waals surface area contributed by atoms with E-state index in [0.29, 0.717) is 0 Å². The Bertz CT molecular complexity index is 996. The fourth-order valence-electron chi connectivity index (χ4n) is 3.66. The zero-order valence-electron chi connectivity index (χ0n) is 14.6. The minimum absolute atomic E-state index is 0.846. The van der Waals surface area contributed by atoms with Crippen molar-refractivity contribution in [3.05, 3.63) is 66.2 Å². The van der Waals surface area contributed by atoms with Gasteiger partial charge >= 0.3 is 0 Å². The maximum atomic E-state index is 5.42. The maximum absolute atomic E-state index is 5.42. The summed E-state index contributed by atoms with van der Waals surface area (Å²) in [6.45, 7) is 5.91. The molecule has 4 heterocycles. The van der Waals surface area contributed by atoms with E-state index in [2.05, 4.69) is 31.6 Å². The molecule has 26 heavy (non-hydrogen) atoms. The zero-order chi connectivity index (χ0) is 17.3. The second-order valence-electron chi connectivity index (χ2n) is 6.88. The molecule has 1 fully saturated rings. The van der Waals surface area contributed by atoms with Crippen LogP contribution in [0.1, 0.15) is 11.4 Å². The Hall–Kier alpha value is -2.70. The molecule has 0 radical (unpaired) electrons. The van der Waals surface area contributed by atoms with Crippen LogP contribution in [0.2, 0.25) is 0 Å². The number of imidazole rings is 1. The smallest absolute Gasteiger partial charge is 0.167 e. The summed E-state index contributed by atoms with van der Waals surface area (Å²) in [5, 5.41) is 5.38. The van der Waals surface area contributed by atoms with Gasteiger partial charge < -0.3 is 8.92 Å². The Morgan fingerprint density at radius 1 is 0.885 bits per heavy atom. The summed E-state index contributed by atoms with van der Waals surface area (Å²) in [4.78, 5) is 9.63. The summed E-state index contributed by atoms with van der Waals surface area (Å²) < 4.78 is 7.51. The van der Waals surface area contributed by atoms with Crippen molar-refractivity contribution in [3.63, 3.8) is 0 Å². The lowest BCUT2D eigenvalue weighted by atomic mass is 10.2. The minimum atomic E-state index is 0.846. The van der Waals surface area contributed by atoms with Crippen molar-refractivity contribution < 1.29 is 4.52 Å². The van der Waals surface area contributed by atoms with E-state index < -0.39 is 0 Å². The third-order valence-corrected chi connectivity index (χ3v) is 5.09. The molecule has 0 amide bonds. The van der Waals surface area contributed by atoms with Crippen molar-refractivity contribution >= 4 is 16.6 Å². The van der Waals surface area contributed by atoms with Crippen LogP contribution in [-0.2, 0) is 13.1 Å². The molecule has 1 aliphatic heterocycles. The number of rotatable bonds is 4. The first-order chi connectivity index (χ1) is 12.8. The molecule has 1 aliphatic rings. The fourth-order valence-corrected chi connectivity index (χ4v) is 3.66. The third kappa shape index (κ3) is 2.98. The van der Waals surface area contributed by atoms with E-state index in [-0.39, 0.29) is 0 Å². The summed E-state index contributed by atoms with van der Waals surface area (Å²) >= 11 is 0. The van der Waals surface area contributed by atoms with E-state index in [1.807, 2.05) is 42.6 Å². The van der Waals surface area contributed by atoms with Gasteiger partial charge in [0, 0.05) is 57.0 Å². The van der Waals surface area contributed by atoms with E-state index >= 15 is 0 Å². The zero-order valence-corrected chi connectivity index (χ0v) is 14.6. The van der Waals surface area contributed by atoms with Crippen molar-refractivity contribution in [2.24, 2.45) is 0 Å². The molecule has 4 aromatic rings. The van der Waals surface area contributed by atoms with Gasteiger partial charge in [-0.25, -0.2) is 4.98 Å². The molecule has 132 valence electrons. The predicted octanol–water partition coefficient (Wildman–Crippen LogP) is 2.79. The van der Waals surface area contributed by atoms with Crippen molar-refractivity contribution in [2.75, 3.05) is 26.2 Å². The van der Waals surface area contributed by atoms with Gasteiger partial charge in [0.15, 0.2) is 5.58 Å². The van der Waals surface area contributed by atoms with Crippen LogP contribution in [-0.4, -0.2) is 50.5 Å². The van der Waals surface area contributed by atoms with Crippen molar-refractivity contribution in [2.45, 2.75) is 13.1 Å². The van der Waals surface area contributed by atoms with Crippen LogP contribution in [0.4, 0.5) is 0 Å². The van der Waals surface area contributed by atoms with Gasteiger partial charge in [-0.3, -0.25) is 9.80 Å². The van der Waals surface area contributed by atoms with Gasteiger partial charge in [0.25, 0.3) is 0 Å². The van der Waals surface area contributed by atoms with Gasteiger partial charge in [-0.1, -0.05) is 23.4 Å². The van der Waals surface area contributed by atoms with Crippen molar-refractivity contribution in [3.8, 4) is 0 Å². The molecule has 0 aliphatic carbocycles. The van der Waals surface area contributed by atoms with E-state index in [1.165, 1.54) is 0 Å². The number of pyridine rings is 1. The van der Waals surface area contributed by atoms with E-state index in [4.69, 9.17) is 9.51 Å². The van der Waals surface area contributed by atoms with Gasteiger partial charge in [-0.2, -0.15) is 0 Å². The molecule has 6 nitrogen and oxygen atoms in total. The van der Waals surface area contributed by atoms with Crippen LogP contribution in [0.5, 0.6) is 0 Å². The molecular formula is C20H21N5O. The highest BCUT2D eigenvalue weighted by molar-refractivity contribution is 5.79. The number of benzene rings is 1. The number of hydrogen-bond acceptors (Lipinski definition) is 5. The molecule has 3 aromatic heterocycles. The van der Waals surface area contributed by atoms with Gasteiger partial charge in [-0.05, 0) is 24.3 Å². The lowest BCUT2D eigenvalue weighted by Gasteiger charge is -2.33. The van der Waals surface area contributed by atoms with E-state index in [0.717, 1.165) is 67.3 Å². The van der Waals surface area contributed by atoms with E-state index in [1.54, 1.807) is 0 Å². The topological polar surface area (TPSA) is 49.8 Å². The number of aromatic nitrogens is 3. The maximum Gasteiger partial charge on any atom is 0.167 e. The molecule has 0 bridgehead atoms. The standard InChI is InChI=1S/C20H21N5O/c1-2-6-19-17(5-1)18(22-26-19)15-24-11-9-23(10-12-24)13-16-14-25-8-4-3-7-20(25)21-16/h1-8,14H,9-13,15H2. The highest BCUT2D eigenvalue weighted by Crippen LogP contribution is 2.20. The van der Waals surface area contributed by atoms with Gasteiger partial charge in [0.2, 0.25) is 0 Å². The number of para-hydroxylation sites is 1. The summed E-state index contributed by atoms with van der Waals surface area (Å²) in [5.41, 5.74) is 4.05. The van der Waals surface area contributed by atoms with Crippen LogP contribution in [0.25, 0.3) is 16.6 Å². The van der Waals surface area contributed by atoms with Gasteiger partial charge in [-0.15, -0.1) is 0 Å². The number of hydrogen-bond donors (Lipinski definition) is 0. The number of fused-ring (bicyclic) bond motifs is 2. The Balaban J connectivity index is 1.21. The first-order valence-corrected chi connectivity index (χ1v) is 9.06. The lowest BCUT2D eigenvalue weighted by molar-refractivity contribution is 0.119. The minimum Gasteiger partial charge on any atom is -0.356 e. The predicted molar refractivity (Wildman–Crippen MR) is 99.8 cm³/mol. The van der Waals surface area contributed by atoms with Gasteiger partial charge in [0.05, 0.1) is 5.69 Å². The Morgan fingerprint density at radius 3 is 2.50 bits per heavy atom. The van der Waals surface area contributed by atoms with E-state index in [9.17, 15) is 0 Å². The largest absolute Gasteiger partial charge is 0.356 e. The third-order valence-electron chi connectivity index (χ3n) is 5.09. The summed E-state index contributed by atoms with van der Waals surface area (Å²) in [7, 11) is 0. The Kier molecular flexibility index (Phi) is 3.92. The highest BCUT2D eigenvalue weighted by atomic mass is 16.5. The first-order valence-electron chi connectivity index (χ1n) is 9.06. The van der Waals surface area contributed by atoms with Crippen LogP contribution >= 0.6 is 0 Å². The SMILES string of the molecule is c1ccc2c(CN3CCN(Cc4cn5ccccc5n4)CC3)noc2c1. The molecule has 0 spiro atoms. The Labute approximate surface area is 151 Å². The van der Waals surface area contributed by atoms with Crippen LogP contribution < -0.4 is 0 Å². The quantitative estimate of drug-likeness (QED) is 0.568.